The molecule has 21 heavy (non-hydrogen) atoms. The third-order valence-corrected chi connectivity index (χ3v) is 4.01. The van der Waals surface area contributed by atoms with Crippen LogP contribution in [-0.4, -0.2) is 19.7 Å². The molecule has 3 aromatic rings. The first-order chi connectivity index (χ1) is 10.3. The maximum absolute atomic E-state index is 4.43. The van der Waals surface area contributed by atoms with Crippen LogP contribution in [0.2, 0.25) is 0 Å². The Kier molecular flexibility index (Phi) is 4.25. The molecule has 0 aromatic carbocycles. The van der Waals surface area contributed by atoms with Gasteiger partial charge in [0.05, 0.1) is 24.1 Å². The molecule has 0 bridgehead atoms. The summed E-state index contributed by atoms with van der Waals surface area (Å²) in [6.07, 6.45) is 8.67. The van der Waals surface area contributed by atoms with Crippen molar-refractivity contribution in [2.24, 2.45) is 0 Å². The number of nitrogens with one attached hydrogen (secondary N) is 1. The lowest BCUT2D eigenvalue weighted by Gasteiger charge is -2.00. The molecular weight excluding hydrogens is 282 g/mol. The minimum absolute atomic E-state index is 0.752. The fourth-order valence-electron chi connectivity index (χ4n) is 1.99. The summed E-state index contributed by atoms with van der Waals surface area (Å²) in [7, 11) is 0. The Morgan fingerprint density at radius 2 is 2.19 bits per heavy atom. The van der Waals surface area contributed by atoms with Crippen LogP contribution in [-0.2, 0) is 13.1 Å². The van der Waals surface area contributed by atoms with Crippen molar-refractivity contribution in [2.45, 2.75) is 26.4 Å². The number of anilines is 1. The van der Waals surface area contributed by atoms with Crippen molar-refractivity contribution >= 4 is 17.0 Å². The lowest BCUT2D eigenvalue weighted by atomic mass is 10.4. The van der Waals surface area contributed by atoms with Gasteiger partial charge < -0.3 is 5.32 Å². The predicted molar refractivity (Wildman–Crippen MR) is 85.2 cm³/mol. The number of rotatable bonds is 6. The maximum Gasteiger partial charge on any atom is 0.142 e. The zero-order valence-corrected chi connectivity index (χ0v) is 12.7. The van der Waals surface area contributed by atoms with Crippen LogP contribution in [0.4, 0.5) is 5.69 Å². The summed E-state index contributed by atoms with van der Waals surface area (Å²) in [6.45, 7) is 3.85. The Labute approximate surface area is 127 Å². The molecule has 6 heteroatoms. The number of aromatic nitrogens is 4. The van der Waals surface area contributed by atoms with Gasteiger partial charge in [0.1, 0.15) is 5.01 Å². The van der Waals surface area contributed by atoms with Crippen LogP contribution in [0.5, 0.6) is 0 Å². The number of hydrogen-bond acceptors (Lipinski definition) is 5. The minimum atomic E-state index is 0.752. The first-order valence-electron chi connectivity index (χ1n) is 6.97. The highest BCUT2D eigenvalue weighted by Gasteiger charge is 2.05. The van der Waals surface area contributed by atoms with Crippen molar-refractivity contribution in [2.75, 3.05) is 5.32 Å². The van der Waals surface area contributed by atoms with E-state index in [1.165, 1.54) is 4.88 Å². The van der Waals surface area contributed by atoms with Crippen molar-refractivity contribution in [3.63, 3.8) is 0 Å². The van der Waals surface area contributed by atoms with Crippen molar-refractivity contribution in [3.05, 3.63) is 47.9 Å². The molecule has 0 saturated carbocycles. The van der Waals surface area contributed by atoms with E-state index in [2.05, 4.69) is 27.3 Å². The Bertz CT molecular complexity index is 689. The predicted octanol–water partition coefficient (Wildman–Crippen LogP) is 3.42. The number of nitrogens with zero attached hydrogens (tertiary/aromatic N) is 4. The molecule has 0 aliphatic heterocycles. The average Bonchev–Trinajstić information content (AvgIpc) is 3.16. The summed E-state index contributed by atoms with van der Waals surface area (Å²) in [5.41, 5.74) is 1.96. The van der Waals surface area contributed by atoms with Crippen LogP contribution >= 0.6 is 11.3 Å². The van der Waals surface area contributed by atoms with Gasteiger partial charge >= 0.3 is 0 Å². The van der Waals surface area contributed by atoms with Crippen LogP contribution in [0.3, 0.4) is 0 Å². The van der Waals surface area contributed by atoms with Gasteiger partial charge in [-0.3, -0.25) is 9.67 Å². The second-order valence-electron chi connectivity index (χ2n) is 4.69. The van der Waals surface area contributed by atoms with Crippen molar-refractivity contribution in [1.29, 1.82) is 0 Å². The molecule has 0 aliphatic carbocycles. The summed E-state index contributed by atoms with van der Waals surface area (Å²) in [5, 5.41) is 8.63. The molecule has 0 atom stereocenters. The molecule has 0 aliphatic rings. The van der Waals surface area contributed by atoms with E-state index in [0.717, 1.165) is 35.9 Å². The number of pyridine rings is 1. The maximum atomic E-state index is 4.43. The molecule has 0 fully saturated rings. The number of hydrogen-bond donors (Lipinski definition) is 1. The number of thiazole rings is 1. The molecule has 0 saturated heterocycles. The molecule has 0 radical (unpaired) electrons. The van der Waals surface area contributed by atoms with Crippen LogP contribution in [0.1, 0.15) is 18.2 Å². The van der Waals surface area contributed by atoms with Gasteiger partial charge in [0.2, 0.25) is 0 Å². The molecule has 0 unspecified atom stereocenters. The Balaban J connectivity index is 1.62. The highest BCUT2D eigenvalue weighted by molar-refractivity contribution is 7.15. The Hall–Kier alpha value is -2.21. The molecule has 5 nitrogen and oxygen atoms in total. The summed E-state index contributed by atoms with van der Waals surface area (Å²) < 4.78 is 1.95. The van der Waals surface area contributed by atoms with Crippen molar-refractivity contribution in [3.8, 4) is 10.7 Å². The van der Waals surface area contributed by atoms with E-state index >= 15 is 0 Å². The zero-order valence-electron chi connectivity index (χ0n) is 11.9. The first-order valence-corrected chi connectivity index (χ1v) is 7.79. The molecule has 0 spiro atoms. The highest BCUT2D eigenvalue weighted by atomic mass is 32.1. The van der Waals surface area contributed by atoms with Gasteiger partial charge in [-0.2, -0.15) is 5.10 Å². The van der Waals surface area contributed by atoms with Gasteiger partial charge in [0.25, 0.3) is 0 Å². The third kappa shape index (κ3) is 3.46. The molecule has 1 N–H and O–H groups in total. The van der Waals surface area contributed by atoms with E-state index in [0.29, 0.717) is 0 Å². The van der Waals surface area contributed by atoms with Crippen LogP contribution in [0.15, 0.2) is 43.0 Å². The van der Waals surface area contributed by atoms with Crippen molar-refractivity contribution in [1.82, 2.24) is 19.7 Å². The number of aryl methyl sites for hydroxylation is 1. The van der Waals surface area contributed by atoms with Gasteiger partial charge in [-0.15, -0.1) is 11.3 Å². The van der Waals surface area contributed by atoms with E-state index in [9.17, 15) is 0 Å². The fraction of sp³-hybridized carbons (Fsp3) is 0.267. The van der Waals surface area contributed by atoms with Crippen LogP contribution in [0, 0.1) is 0 Å². The normalized spacial score (nSPS) is 10.7. The minimum Gasteiger partial charge on any atom is -0.378 e. The molecule has 0 amide bonds. The van der Waals surface area contributed by atoms with Gasteiger partial charge in [0, 0.05) is 30.0 Å². The molecule has 3 rings (SSSR count). The zero-order chi connectivity index (χ0) is 14.5. The summed E-state index contributed by atoms with van der Waals surface area (Å²) >= 11 is 1.66. The van der Waals surface area contributed by atoms with Gasteiger partial charge in [0.15, 0.2) is 0 Å². The topological polar surface area (TPSA) is 55.6 Å². The Morgan fingerprint density at radius 3 is 3.00 bits per heavy atom. The molecule has 3 heterocycles. The van der Waals surface area contributed by atoms with E-state index in [4.69, 9.17) is 0 Å². The Morgan fingerprint density at radius 1 is 1.24 bits per heavy atom. The molecule has 3 aromatic heterocycles. The second kappa shape index (κ2) is 6.49. The van der Waals surface area contributed by atoms with Crippen LogP contribution < -0.4 is 5.32 Å². The largest absolute Gasteiger partial charge is 0.378 e. The van der Waals surface area contributed by atoms with E-state index in [1.807, 2.05) is 41.5 Å². The van der Waals surface area contributed by atoms with Gasteiger partial charge in [-0.05, 0) is 18.6 Å². The van der Waals surface area contributed by atoms with E-state index in [-0.39, 0.29) is 0 Å². The second-order valence-corrected chi connectivity index (χ2v) is 5.81. The average molecular weight is 299 g/mol. The highest BCUT2D eigenvalue weighted by Crippen LogP contribution is 2.23. The molecular formula is C15H17N5S. The third-order valence-electron chi connectivity index (χ3n) is 2.99. The van der Waals surface area contributed by atoms with Gasteiger partial charge in [-0.1, -0.05) is 13.0 Å². The lowest BCUT2D eigenvalue weighted by Crippen LogP contribution is -1.97. The fourth-order valence-corrected chi connectivity index (χ4v) is 2.82. The first kappa shape index (κ1) is 13.8. The molecule has 108 valence electrons. The van der Waals surface area contributed by atoms with E-state index < -0.39 is 0 Å². The lowest BCUT2D eigenvalue weighted by molar-refractivity contribution is 0.603. The monoisotopic (exact) mass is 299 g/mol. The van der Waals surface area contributed by atoms with Crippen molar-refractivity contribution < 1.29 is 0 Å². The van der Waals surface area contributed by atoms with Crippen LogP contribution in [0.25, 0.3) is 10.7 Å². The summed E-state index contributed by atoms with van der Waals surface area (Å²) in [5.74, 6) is 0. The summed E-state index contributed by atoms with van der Waals surface area (Å²) in [6, 6.07) is 5.86. The SMILES string of the molecule is CCCn1cc(NCc2cnc(-c3ccccn3)s2)cn1. The summed E-state index contributed by atoms with van der Waals surface area (Å²) in [4.78, 5) is 9.93. The smallest absolute Gasteiger partial charge is 0.142 e. The van der Waals surface area contributed by atoms with Gasteiger partial charge in [-0.25, -0.2) is 4.98 Å². The quantitative estimate of drug-likeness (QED) is 0.757. The van der Waals surface area contributed by atoms with E-state index in [1.54, 1.807) is 17.5 Å². The standard InChI is InChI=1S/C15H17N5S/c1-2-7-20-11-12(8-19-20)17-9-13-10-18-15(21-13)14-5-3-4-6-16-14/h3-6,8,10-11,17H,2,7,9H2,1H3.